The van der Waals surface area contributed by atoms with E-state index in [1.54, 1.807) is 0 Å². The predicted molar refractivity (Wildman–Crippen MR) is 175 cm³/mol. The van der Waals surface area contributed by atoms with Gasteiger partial charge in [0, 0.05) is 47.5 Å². The standard InChI is InChI=1S/C38H48N2O2/c1-7-9-11-17-23-39-31-21-15-13-19-29(31)37(3,4)33(39)25-27-35(41)28(36(27)42)26-34-38(5,6)30-20-14-16-22-32(30)40(34)24-18-12-10-8-2/h13-16,19-22,25-26H,7-12,17-18,23-24H2,1-6H3/p+1. The Morgan fingerprint density at radius 1 is 0.786 bits per heavy atom. The van der Waals surface area contributed by atoms with Gasteiger partial charge >= 0.3 is 0 Å². The molecular formula is C38H49N2O2+. The van der Waals surface area contributed by atoms with Crippen LogP contribution in [0, 0.1) is 0 Å². The number of allylic oxidation sites excluding steroid dienone is 5. The van der Waals surface area contributed by atoms with Crippen LogP contribution < -0.4 is 4.90 Å². The average molecular weight is 566 g/mol. The van der Waals surface area contributed by atoms with Crippen LogP contribution in [0.2, 0.25) is 0 Å². The van der Waals surface area contributed by atoms with Gasteiger partial charge in [-0.1, -0.05) is 96.2 Å². The summed E-state index contributed by atoms with van der Waals surface area (Å²) in [6.07, 6.45) is 13.4. The third kappa shape index (κ3) is 5.18. The summed E-state index contributed by atoms with van der Waals surface area (Å²) in [6, 6.07) is 17.1. The molecule has 4 heteroatoms. The summed E-state index contributed by atoms with van der Waals surface area (Å²) in [4.78, 5) is 16.1. The number of aliphatic hydroxyl groups is 1. The average Bonchev–Trinajstić information content (AvgIpc) is 3.33. The molecule has 0 fully saturated rings. The van der Waals surface area contributed by atoms with Crippen LogP contribution in [0.4, 0.5) is 11.4 Å². The van der Waals surface area contributed by atoms with Crippen molar-refractivity contribution in [1.82, 2.24) is 0 Å². The molecule has 1 aliphatic carbocycles. The van der Waals surface area contributed by atoms with Crippen LogP contribution in [-0.4, -0.2) is 34.3 Å². The number of benzene rings is 2. The van der Waals surface area contributed by atoms with E-state index < -0.39 is 0 Å². The summed E-state index contributed by atoms with van der Waals surface area (Å²) >= 11 is 0. The second kappa shape index (κ2) is 12.1. The molecule has 0 amide bonds. The fraction of sp³-hybridized carbons (Fsp3) is 0.474. The number of Topliss-reactive ketones (excluding diaryl/α,β-unsaturated/α-hetero) is 1. The summed E-state index contributed by atoms with van der Waals surface area (Å²) in [6.45, 7) is 15.2. The summed E-state index contributed by atoms with van der Waals surface area (Å²) < 4.78 is 2.38. The first-order valence-corrected chi connectivity index (χ1v) is 16.2. The molecule has 42 heavy (non-hydrogen) atoms. The zero-order valence-corrected chi connectivity index (χ0v) is 26.6. The molecule has 2 aromatic carbocycles. The molecule has 3 aliphatic rings. The van der Waals surface area contributed by atoms with E-state index in [9.17, 15) is 9.90 Å². The Labute approximate surface area is 253 Å². The number of rotatable bonds is 12. The quantitative estimate of drug-likeness (QED) is 0.158. The Balaban J connectivity index is 1.51. The maximum Gasteiger partial charge on any atom is 0.209 e. The number of hydrogen-bond acceptors (Lipinski definition) is 3. The third-order valence-corrected chi connectivity index (χ3v) is 9.63. The molecule has 0 saturated carbocycles. The summed E-state index contributed by atoms with van der Waals surface area (Å²) in [7, 11) is 0. The van der Waals surface area contributed by atoms with Gasteiger partial charge in [-0.2, -0.15) is 4.58 Å². The molecule has 0 bridgehead atoms. The lowest BCUT2D eigenvalue weighted by atomic mass is 9.77. The highest BCUT2D eigenvalue weighted by molar-refractivity contribution is 6.24. The maximum atomic E-state index is 13.7. The minimum atomic E-state index is -0.256. The van der Waals surface area contributed by atoms with Crippen LogP contribution in [0.25, 0.3) is 0 Å². The van der Waals surface area contributed by atoms with E-state index in [0.29, 0.717) is 11.1 Å². The topological polar surface area (TPSA) is 43.5 Å². The van der Waals surface area contributed by atoms with Gasteiger partial charge in [-0.25, -0.2) is 0 Å². The minimum absolute atomic E-state index is 0.0668. The van der Waals surface area contributed by atoms with Gasteiger partial charge in [0.15, 0.2) is 5.71 Å². The SMILES string of the molecule is CCCCCCN1C(=CC2=C(O)C(=CC3=[N+](CCCCCC)c4ccccc4C3(C)C)C2=O)C(C)(C)c2ccccc21. The molecule has 4 nitrogen and oxygen atoms in total. The number of carbonyl (C=O) groups excluding carboxylic acids is 1. The van der Waals surface area contributed by atoms with Gasteiger partial charge in [-0.05, 0) is 44.4 Å². The van der Waals surface area contributed by atoms with Gasteiger partial charge in [0.1, 0.15) is 12.3 Å². The first kappa shape index (κ1) is 30.1. The molecule has 5 rings (SSSR count). The van der Waals surface area contributed by atoms with Crippen molar-refractivity contribution in [2.75, 3.05) is 18.0 Å². The highest BCUT2D eigenvalue weighted by Crippen LogP contribution is 2.49. The van der Waals surface area contributed by atoms with Crippen LogP contribution >= 0.6 is 0 Å². The Morgan fingerprint density at radius 2 is 1.43 bits per heavy atom. The maximum absolute atomic E-state index is 13.7. The smallest absolute Gasteiger partial charge is 0.209 e. The Bertz CT molecular complexity index is 1480. The molecule has 0 atom stereocenters. The third-order valence-electron chi connectivity index (χ3n) is 9.63. The lowest BCUT2D eigenvalue weighted by Gasteiger charge is -2.29. The van der Waals surface area contributed by atoms with Gasteiger partial charge in [0.05, 0.1) is 16.6 Å². The van der Waals surface area contributed by atoms with Crippen LogP contribution in [0.15, 0.2) is 83.3 Å². The number of hydrogen-bond donors (Lipinski definition) is 1. The molecule has 0 radical (unpaired) electrons. The molecule has 0 unspecified atom stereocenters. The predicted octanol–water partition coefficient (Wildman–Crippen LogP) is 9.23. The Hall–Kier alpha value is -3.40. The Kier molecular flexibility index (Phi) is 8.64. The molecule has 222 valence electrons. The zero-order chi connectivity index (χ0) is 30.1. The monoisotopic (exact) mass is 565 g/mol. The van der Waals surface area contributed by atoms with Crippen molar-refractivity contribution in [3.8, 4) is 0 Å². The van der Waals surface area contributed by atoms with E-state index in [4.69, 9.17) is 0 Å². The van der Waals surface area contributed by atoms with E-state index in [-0.39, 0.29) is 22.4 Å². The van der Waals surface area contributed by atoms with Crippen molar-refractivity contribution in [2.45, 2.75) is 104 Å². The lowest BCUT2D eigenvalue weighted by molar-refractivity contribution is -0.438. The summed E-state index contributed by atoms with van der Waals surface area (Å²) in [5.41, 5.74) is 7.50. The van der Waals surface area contributed by atoms with Crippen molar-refractivity contribution < 1.29 is 14.5 Å². The van der Waals surface area contributed by atoms with Gasteiger partial charge in [-0.3, -0.25) is 4.79 Å². The van der Waals surface area contributed by atoms with Crippen molar-refractivity contribution in [1.29, 1.82) is 0 Å². The van der Waals surface area contributed by atoms with Crippen LogP contribution in [-0.2, 0) is 15.6 Å². The van der Waals surface area contributed by atoms with Gasteiger partial charge < -0.3 is 10.0 Å². The van der Waals surface area contributed by atoms with Crippen LogP contribution in [0.3, 0.4) is 0 Å². The fourth-order valence-electron chi connectivity index (χ4n) is 7.06. The molecule has 2 aliphatic heterocycles. The molecule has 0 saturated heterocycles. The first-order valence-electron chi connectivity index (χ1n) is 16.2. The molecule has 0 spiro atoms. The molecule has 1 N–H and O–H groups in total. The first-order chi connectivity index (χ1) is 20.1. The molecule has 0 aromatic heterocycles. The number of anilines is 1. The van der Waals surface area contributed by atoms with Crippen molar-refractivity contribution >= 4 is 22.9 Å². The van der Waals surface area contributed by atoms with Crippen molar-refractivity contribution in [2.24, 2.45) is 0 Å². The van der Waals surface area contributed by atoms with E-state index in [0.717, 1.165) is 37.3 Å². The molecule has 2 aromatic rings. The number of nitrogens with zero attached hydrogens (tertiary/aromatic N) is 2. The normalized spacial score (nSPS) is 20.5. The van der Waals surface area contributed by atoms with E-state index in [1.807, 2.05) is 12.2 Å². The van der Waals surface area contributed by atoms with Crippen molar-refractivity contribution in [3.63, 3.8) is 0 Å². The number of para-hydroxylation sites is 2. The Morgan fingerprint density at radius 3 is 2.12 bits per heavy atom. The zero-order valence-electron chi connectivity index (χ0n) is 26.6. The summed E-state index contributed by atoms with van der Waals surface area (Å²) in [5.74, 6) is 0.0539. The number of carbonyl (C=O) groups is 1. The van der Waals surface area contributed by atoms with E-state index in [1.165, 1.54) is 61.0 Å². The van der Waals surface area contributed by atoms with E-state index >= 15 is 0 Å². The number of fused-ring (bicyclic) bond motifs is 2. The lowest BCUT2D eigenvalue weighted by Crippen LogP contribution is -2.32. The van der Waals surface area contributed by atoms with Crippen LogP contribution in [0.5, 0.6) is 0 Å². The van der Waals surface area contributed by atoms with Crippen LogP contribution in [0.1, 0.15) is 104 Å². The second-order valence-electron chi connectivity index (χ2n) is 13.3. The van der Waals surface area contributed by atoms with Gasteiger partial charge in [-0.15, -0.1) is 0 Å². The number of aliphatic hydroxyl groups excluding tert-OH is 1. The minimum Gasteiger partial charge on any atom is -0.506 e. The molecule has 2 heterocycles. The highest BCUT2D eigenvalue weighted by Gasteiger charge is 2.47. The van der Waals surface area contributed by atoms with E-state index in [2.05, 4.69) is 99.5 Å². The highest BCUT2D eigenvalue weighted by atomic mass is 16.3. The van der Waals surface area contributed by atoms with Gasteiger partial charge in [0.25, 0.3) is 0 Å². The molecular weight excluding hydrogens is 516 g/mol. The largest absolute Gasteiger partial charge is 0.506 e. The van der Waals surface area contributed by atoms with Crippen molar-refractivity contribution in [3.05, 3.63) is 94.4 Å². The summed E-state index contributed by atoms with van der Waals surface area (Å²) in [5, 5.41) is 11.4. The number of ketones is 1. The number of unbranched alkanes of at least 4 members (excludes halogenated alkanes) is 6. The fourth-order valence-corrected chi connectivity index (χ4v) is 7.06. The van der Waals surface area contributed by atoms with Gasteiger partial charge in [0.2, 0.25) is 11.5 Å². The second-order valence-corrected chi connectivity index (χ2v) is 13.3.